The lowest BCUT2D eigenvalue weighted by atomic mass is 10.1. The lowest BCUT2D eigenvalue weighted by Crippen LogP contribution is -2.45. The highest BCUT2D eigenvalue weighted by molar-refractivity contribution is 7.91. The van der Waals surface area contributed by atoms with Crippen molar-refractivity contribution < 1.29 is 31.2 Å². The monoisotopic (exact) mass is 460 g/mol. The maximum atomic E-state index is 12.7. The SMILES string of the molecule is CCNS(=O)(=O)c1cccc(C(=O)OCC(=O)N(CC(C)C)C2CCS(=O)(=O)C2)c1. The maximum absolute atomic E-state index is 12.7. The van der Waals surface area contributed by atoms with Gasteiger partial charge in [0.15, 0.2) is 16.4 Å². The molecule has 1 fully saturated rings. The molecule has 1 saturated heterocycles. The molecule has 0 saturated carbocycles. The van der Waals surface area contributed by atoms with E-state index in [-0.39, 0.29) is 34.4 Å². The molecule has 1 N–H and O–H groups in total. The molecule has 1 atom stereocenters. The van der Waals surface area contributed by atoms with Crippen molar-refractivity contribution in [2.75, 3.05) is 31.2 Å². The minimum Gasteiger partial charge on any atom is -0.452 e. The Morgan fingerprint density at radius 1 is 1.30 bits per heavy atom. The number of rotatable bonds is 9. The summed E-state index contributed by atoms with van der Waals surface area (Å²) >= 11 is 0. The van der Waals surface area contributed by atoms with Crippen molar-refractivity contribution in [3.63, 3.8) is 0 Å². The average Bonchev–Trinajstić information content (AvgIpc) is 3.03. The summed E-state index contributed by atoms with van der Waals surface area (Å²) in [7, 11) is -6.91. The molecule has 1 unspecified atom stereocenters. The van der Waals surface area contributed by atoms with Crippen LogP contribution in [0, 0.1) is 5.92 Å². The van der Waals surface area contributed by atoms with Gasteiger partial charge in [-0.15, -0.1) is 0 Å². The van der Waals surface area contributed by atoms with Gasteiger partial charge < -0.3 is 9.64 Å². The van der Waals surface area contributed by atoms with Crippen LogP contribution in [0.1, 0.15) is 37.6 Å². The van der Waals surface area contributed by atoms with E-state index in [1.807, 2.05) is 13.8 Å². The number of sulfonamides is 1. The molecule has 11 heteroatoms. The molecule has 1 aromatic carbocycles. The lowest BCUT2D eigenvalue weighted by Gasteiger charge is -2.29. The number of nitrogens with one attached hydrogen (secondary N) is 1. The van der Waals surface area contributed by atoms with Gasteiger partial charge in [0.2, 0.25) is 10.0 Å². The van der Waals surface area contributed by atoms with Crippen molar-refractivity contribution >= 4 is 31.7 Å². The molecule has 1 aliphatic rings. The predicted octanol–water partition coefficient (Wildman–Crippen LogP) is 0.813. The first-order chi connectivity index (χ1) is 13.9. The van der Waals surface area contributed by atoms with E-state index < -0.39 is 44.4 Å². The van der Waals surface area contributed by atoms with Crippen LogP contribution in [0.5, 0.6) is 0 Å². The van der Waals surface area contributed by atoms with Crippen LogP contribution in [0.2, 0.25) is 0 Å². The minimum atomic E-state index is -3.74. The molecule has 0 spiro atoms. The first-order valence-electron chi connectivity index (χ1n) is 9.72. The van der Waals surface area contributed by atoms with Gasteiger partial charge in [0.05, 0.1) is 22.0 Å². The second-order valence-corrected chi connectivity index (χ2v) is 11.6. The number of nitrogens with zero attached hydrogens (tertiary/aromatic N) is 1. The van der Waals surface area contributed by atoms with Gasteiger partial charge in [-0.3, -0.25) is 4.79 Å². The summed E-state index contributed by atoms with van der Waals surface area (Å²) in [6.45, 7) is 5.46. The van der Waals surface area contributed by atoms with Gasteiger partial charge in [-0.25, -0.2) is 26.4 Å². The first kappa shape index (κ1) is 24.3. The summed E-state index contributed by atoms with van der Waals surface area (Å²) < 4.78 is 55.2. The Labute approximate surface area is 177 Å². The van der Waals surface area contributed by atoms with Crippen LogP contribution in [0.4, 0.5) is 0 Å². The summed E-state index contributed by atoms with van der Waals surface area (Å²) in [4.78, 5) is 26.4. The summed E-state index contributed by atoms with van der Waals surface area (Å²) in [5, 5.41) is 0. The van der Waals surface area contributed by atoms with Crippen LogP contribution in [-0.2, 0) is 29.4 Å². The van der Waals surface area contributed by atoms with E-state index in [4.69, 9.17) is 4.74 Å². The van der Waals surface area contributed by atoms with Crippen molar-refractivity contribution in [2.45, 2.75) is 38.1 Å². The van der Waals surface area contributed by atoms with Gasteiger partial charge in [-0.2, -0.15) is 0 Å². The second-order valence-electron chi connectivity index (χ2n) is 7.60. The molecular formula is C19H28N2O7S2. The van der Waals surface area contributed by atoms with Crippen LogP contribution in [-0.4, -0.2) is 70.9 Å². The van der Waals surface area contributed by atoms with Crippen molar-refractivity contribution in [1.29, 1.82) is 0 Å². The van der Waals surface area contributed by atoms with Gasteiger partial charge in [-0.1, -0.05) is 26.8 Å². The molecule has 1 amide bonds. The van der Waals surface area contributed by atoms with Crippen molar-refractivity contribution in [3.05, 3.63) is 29.8 Å². The van der Waals surface area contributed by atoms with Crippen LogP contribution < -0.4 is 4.72 Å². The number of hydrogen-bond donors (Lipinski definition) is 1. The zero-order chi connectivity index (χ0) is 22.5. The fourth-order valence-electron chi connectivity index (χ4n) is 3.23. The number of carbonyl (C=O) groups is 2. The smallest absolute Gasteiger partial charge is 0.338 e. The van der Waals surface area contributed by atoms with Crippen molar-refractivity contribution in [1.82, 2.24) is 9.62 Å². The third kappa shape index (κ3) is 6.51. The third-order valence-electron chi connectivity index (χ3n) is 4.57. The molecule has 0 radical (unpaired) electrons. The van der Waals surface area contributed by atoms with Crippen molar-refractivity contribution in [2.24, 2.45) is 5.92 Å². The van der Waals surface area contributed by atoms with E-state index >= 15 is 0 Å². The Balaban J connectivity index is 2.07. The molecule has 1 heterocycles. The summed E-state index contributed by atoms with van der Waals surface area (Å²) in [5.41, 5.74) is 0.000585. The van der Waals surface area contributed by atoms with Crippen LogP contribution in [0.15, 0.2) is 29.2 Å². The van der Waals surface area contributed by atoms with E-state index in [9.17, 15) is 26.4 Å². The lowest BCUT2D eigenvalue weighted by molar-refractivity contribution is -0.137. The summed E-state index contributed by atoms with van der Waals surface area (Å²) in [6, 6.07) is 4.91. The van der Waals surface area contributed by atoms with Crippen LogP contribution in [0.3, 0.4) is 0 Å². The first-order valence-corrected chi connectivity index (χ1v) is 13.0. The molecule has 1 aromatic rings. The molecule has 0 bridgehead atoms. The Hall–Kier alpha value is -1.98. The van der Waals surface area contributed by atoms with Gasteiger partial charge in [-0.05, 0) is 30.5 Å². The van der Waals surface area contributed by atoms with Gasteiger partial charge in [0, 0.05) is 19.1 Å². The fraction of sp³-hybridized carbons (Fsp3) is 0.579. The average molecular weight is 461 g/mol. The number of esters is 1. The molecule has 1 aliphatic heterocycles. The van der Waals surface area contributed by atoms with E-state index in [0.29, 0.717) is 13.0 Å². The number of hydrogen-bond acceptors (Lipinski definition) is 7. The largest absolute Gasteiger partial charge is 0.452 e. The van der Waals surface area contributed by atoms with Crippen LogP contribution in [0.25, 0.3) is 0 Å². The molecule has 0 aliphatic carbocycles. The van der Waals surface area contributed by atoms with Crippen molar-refractivity contribution in [3.8, 4) is 0 Å². The van der Waals surface area contributed by atoms with E-state index in [2.05, 4.69) is 4.72 Å². The topological polar surface area (TPSA) is 127 Å². The minimum absolute atomic E-state index is 0.000585. The summed E-state index contributed by atoms with van der Waals surface area (Å²) in [6.07, 6.45) is 0.360. The molecule has 0 aromatic heterocycles. The number of sulfone groups is 1. The highest BCUT2D eigenvalue weighted by atomic mass is 32.2. The van der Waals surface area contributed by atoms with Crippen LogP contribution >= 0.6 is 0 Å². The quantitative estimate of drug-likeness (QED) is 0.540. The predicted molar refractivity (Wildman–Crippen MR) is 111 cm³/mol. The standard InChI is InChI=1S/C19H28N2O7S2/c1-4-20-30(26,27)17-7-5-6-15(10-17)19(23)28-12-18(22)21(11-14(2)3)16-8-9-29(24,25)13-16/h5-7,10,14,16,20H,4,8-9,11-13H2,1-3H3. The normalized spacial score (nSPS) is 18.3. The molecule has 168 valence electrons. The Morgan fingerprint density at radius 2 is 2.00 bits per heavy atom. The molecule has 2 rings (SSSR count). The second kappa shape index (κ2) is 9.88. The third-order valence-corrected chi connectivity index (χ3v) is 7.87. The highest BCUT2D eigenvalue weighted by Gasteiger charge is 2.35. The maximum Gasteiger partial charge on any atom is 0.338 e. The molecule has 9 nitrogen and oxygen atoms in total. The fourth-order valence-corrected chi connectivity index (χ4v) is 6.04. The number of carbonyl (C=O) groups excluding carboxylic acids is 2. The number of benzene rings is 1. The van der Waals surface area contributed by atoms with E-state index in [1.54, 1.807) is 6.92 Å². The zero-order valence-corrected chi connectivity index (χ0v) is 19.0. The molecule has 30 heavy (non-hydrogen) atoms. The van der Waals surface area contributed by atoms with E-state index in [1.165, 1.54) is 29.2 Å². The Bertz CT molecular complexity index is 988. The Kier molecular flexibility index (Phi) is 8.00. The Morgan fingerprint density at radius 3 is 2.57 bits per heavy atom. The van der Waals surface area contributed by atoms with Gasteiger partial charge >= 0.3 is 5.97 Å². The number of amides is 1. The number of ether oxygens (including phenoxy) is 1. The summed E-state index contributed by atoms with van der Waals surface area (Å²) in [5.74, 6) is -1.26. The van der Waals surface area contributed by atoms with Gasteiger partial charge in [0.1, 0.15) is 0 Å². The highest BCUT2D eigenvalue weighted by Crippen LogP contribution is 2.20. The zero-order valence-electron chi connectivity index (χ0n) is 17.3. The van der Waals surface area contributed by atoms with Gasteiger partial charge in [0.25, 0.3) is 5.91 Å². The van der Waals surface area contributed by atoms with E-state index in [0.717, 1.165) is 0 Å². The molecular weight excluding hydrogens is 432 g/mol.